The van der Waals surface area contributed by atoms with Crippen LogP contribution in [0.3, 0.4) is 0 Å². The zero-order valence-electron chi connectivity index (χ0n) is 34.7. The predicted molar refractivity (Wildman–Crippen MR) is 239 cm³/mol. The van der Waals surface area contributed by atoms with Crippen molar-refractivity contribution in [2.45, 2.75) is 26.2 Å². The fourth-order valence-corrected chi connectivity index (χ4v) is 6.32. The van der Waals surface area contributed by atoms with Gasteiger partial charge in [-0.05, 0) is 59.5 Å². The van der Waals surface area contributed by atoms with E-state index in [0.29, 0.717) is 96.5 Å². The summed E-state index contributed by atoms with van der Waals surface area (Å²) in [6.45, 7) is 8.71. The molecular formula is C45H52N6O8S. The number of amides is 3. The average Bonchev–Trinajstić information content (AvgIpc) is 3.22. The van der Waals surface area contributed by atoms with Crippen molar-refractivity contribution in [3.8, 4) is 29.6 Å². The van der Waals surface area contributed by atoms with Gasteiger partial charge >= 0.3 is 6.03 Å². The van der Waals surface area contributed by atoms with E-state index in [9.17, 15) is 13.8 Å². The Hall–Kier alpha value is -6.18. The molecule has 3 amide bonds. The number of carbonyl (C=O) groups excluding carboxylic acids is 2. The number of aromatic nitrogens is 1. The fourth-order valence-electron chi connectivity index (χ4n) is 5.97. The summed E-state index contributed by atoms with van der Waals surface area (Å²) in [5.41, 5.74) is 3.81. The SMILES string of the molecule is C#Cc1cc(Nc2cc(Oc3ccc(NC(=O)Nc4cc(C(C)(C)C)cc(NCS(C)=O)c4OC)c4ccccc34)ccn2)cc(C(=O)NCCOCCOCCOC)c1. The standard InChI is InChI=1S/C45H52N6O8S/c1-8-30-23-31(43(52)47-17-18-57-21-22-58-20-19-55-5)25-33(24-30)49-41-28-34(15-16-46-41)59-40-14-13-37(35-11-9-10-12-36(35)40)50-44(53)51-39-27-32(45(2,3)4)26-38(42(39)56-6)48-29-60(7)54/h1,9-16,23-28,48H,17-22,29H2,2-7H3,(H,46,49)(H,47,52)(H2,50,51,53). The van der Waals surface area contributed by atoms with Gasteiger partial charge in [-0.1, -0.05) is 51.0 Å². The second-order valence-corrected chi connectivity index (χ2v) is 15.9. The largest absolute Gasteiger partial charge is 0.492 e. The van der Waals surface area contributed by atoms with Crippen molar-refractivity contribution in [1.82, 2.24) is 10.3 Å². The third-order valence-electron chi connectivity index (χ3n) is 8.93. The Morgan fingerprint density at radius 1 is 0.833 bits per heavy atom. The average molecular weight is 837 g/mol. The highest BCUT2D eigenvalue weighted by Gasteiger charge is 2.21. The van der Waals surface area contributed by atoms with Crippen molar-refractivity contribution in [2.75, 3.05) is 87.2 Å². The molecule has 14 nitrogen and oxygen atoms in total. The smallest absolute Gasteiger partial charge is 0.323 e. The lowest BCUT2D eigenvalue weighted by Gasteiger charge is -2.24. The number of urea groups is 1. The molecule has 0 spiro atoms. The summed E-state index contributed by atoms with van der Waals surface area (Å²) in [6.07, 6.45) is 8.95. The van der Waals surface area contributed by atoms with Gasteiger partial charge < -0.3 is 50.3 Å². The highest BCUT2D eigenvalue weighted by Crippen LogP contribution is 2.39. The molecule has 15 heteroatoms. The summed E-state index contributed by atoms with van der Waals surface area (Å²) in [5, 5.41) is 16.7. The van der Waals surface area contributed by atoms with E-state index in [1.165, 1.54) is 7.11 Å². The number of carbonyl (C=O) groups is 2. The van der Waals surface area contributed by atoms with Crippen LogP contribution < -0.4 is 36.1 Å². The Balaban J connectivity index is 1.27. The summed E-state index contributed by atoms with van der Waals surface area (Å²) in [4.78, 5) is 31.0. The maximum atomic E-state index is 13.6. The predicted octanol–water partition coefficient (Wildman–Crippen LogP) is 7.86. The highest BCUT2D eigenvalue weighted by atomic mass is 32.2. The number of fused-ring (bicyclic) bond motifs is 1. The van der Waals surface area contributed by atoms with Crippen molar-refractivity contribution in [2.24, 2.45) is 0 Å². The van der Waals surface area contributed by atoms with Crippen LogP contribution >= 0.6 is 0 Å². The quantitative estimate of drug-likeness (QED) is 0.0382. The van der Waals surface area contributed by atoms with Gasteiger partial charge in [-0.15, -0.1) is 6.42 Å². The molecule has 0 aliphatic heterocycles. The molecule has 1 aromatic heterocycles. The normalized spacial score (nSPS) is 11.6. The zero-order valence-corrected chi connectivity index (χ0v) is 35.5. The van der Waals surface area contributed by atoms with Gasteiger partial charge in [0, 0.05) is 70.6 Å². The summed E-state index contributed by atoms with van der Waals surface area (Å²) in [5.74, 6) is 4.45. The summed E-state index contributed by atoms with van der Waals surface area (Å²) >= 11 is 0. The third kappa shape index (κ3) is 12.9. The lowest BCUT2D eigenvalue weighted by atomic mass is 9.86. The van der Waals surface area contributed by atoms with Crippen molar-refractivity contribution in [1.29, 1.82) is 0 Å². The van der Waals surface area contributed by atoms with Crippen LogP contribution in [0.4, 0.5) is 33.4 Å². The minimum atomic E-state index is -1.10. The lowest BCUT2D eigenvalue weighted by molar-refractivity contribution is 0.0255. The Kier molecular flexibility index (Phi) is 16.3. The van der Waals surface area contributed by atoms with Crippen LogP contribution in [0.2, 0.25) is 0 Å². The number of anilines is 5. The van der Waals surface area contributed by atoms with Gasteiger partial charge in [0.15, 0.2) is 5.75 Å². The number of hydrogen-bond donors (Lipinski definition) is 5. The molecule has 0 bridgehead atoms. The van der Waals surface area contributed by atoms with Crippen molar-refractivity contribution in [3.05, 3.63) is 102 Å². The van der Waals surface area contributed by atoms with Crippen molar-refractivity contribution in [3.63, 3.8) is 0 Å². The molecule has 4 aromatic carbocycles. The first-order valence-corrected chi connectivity index (χ1v) is 20.9. The molecular weight excluding hydrogens is 785 g/mol. The van der Waals surface area contributed by atoms with E-state index >= 15 is 0 Å². The van der Waals surface area contributed by atoms with Crippen LogP contribution in [-0.4, -0.2) is 87.1 Å². The zero-order chi connectivity index (χ0) is 43.1. The van der Waals surface area contributed by atoms with Crippen LogP contribution in [0.15, 0.2) is 85.1 Å². The summed E-state index contributed by atoms with van der Waals surface area (Å²) < 4.78 is 39.8. The molecule has 1 atom stereocenters. The van der Waals surface area contributed by atoms with Crippen LogP contribution in [0.5, 0.6) is 17.2 Å². The molecule has 0 saturated heterocycles. The number of rotatable bonds is 20. The van der Waals surface area contributed by atoms with E-state index in [1.807, 2.05) is 36.4 Å². The first kappa shape index (κ1) is 44.9. The van der Waals surface area contributed by atoms with Crippen LogP contribution in [-0.2, 0) is 30.4 Å². The van der Waals surface area contributed by atoms with E-state index < -0.39 is 16.8 Å². The number of hydrogen-bond acceptors (Lipinski definition) is 11. The lowest BCUT2D eigenvalue weighted by Crippen LogP contribution is -2.27. The monoisotopic (exact) mass is 836 g/mol. The number of ether oxygens (including phenoxy) is 5. The van der Waals surface area contributed by atoms with Crippen LogP contribution in [0.1, 0.15) is 42.3 Å². The van der Waals surface area contributed by atoms with Gasteiger partial charge in [-0.25, -0.2) is 9.78 Å². The first-order chi connectivity index (χ1) is 28.9. The van der Waals surface area contributed by atoms with E-state index in [2.05, 4.69) is 58.3 Å². The molecule has 5 aromatic rings. The van der Waals surface area contributed by atoms with Gasteiger partial charge in [0.05, 0.1) is 63.1 Å². The minimum Gasteiger partial charge on any atom is -0.492 e. The summed E-state index contributed by atoms with van der Waals surface area (Å²) in [6, 6.07) is 23.0. The van der Waals surface area contributed by atoms with Crippen LogP contribution in [0, 0.1) is 12.3 Å². The van der Waals surface area contributed by atoms with Crippen molar-refractivity contribution >= 4 is 62.1 Å². The van der Waals surface area contributed by atoms with Crippen molar-refractivity contribution < 1.29 is 37.5 Å². The topological polar surface area (TPSA) is 170 Å². The first-order valence-electron chi connectivity index (χ1n) is 19.2. The van der Waals surface area contributed by atoms with E-state index in [-0.39, 0.29) is 17.2 Å². The van der Waals surface area contributed by atoms with Gasteiger partial charge in [0.2, 0.25) is 0 Å². The molecule has 5 rings (SSSR count). The Labute approximate surface area is 353 Å². The molecule has 0 aliphatic carbocycles. The van der Waals surface area contributed by atoms with E-state index in [1.54, 1.807) is 62.0 Å². The molecule has 316 valence electrons. The minimum absolute atomic E-state index is 0.222. The number of benzene rings is 4. The van der Waals surface area contributed by atoms with Gasteiger partial charge in [-0.2, -0.15) is 0 Å². The van der Waals surface area contributed by atoms with Gasteiger partial charge in [-0.3, -0.25) is 9.00 Å². The number of pyridine rings is 1. The molecule has 0 radical (unpaired) electrons. The Bertz CT molecular complexity index is 2340. The van der Waals surface area contributed by atoms with Crippen LogP contribution in [0.25, 0.3) is 10.8 Å². The molecule has 0 aliphatic rings. The molecule has 1 heterocycles. The van der Waals surface area contributed by atoms with Gasteiger partial charge in [0.1, 0.15) is 17.3 Å². The number of terminal acetylenes is 1. The second kappa shape index (κ2) is 21.7. The maximum absolute atomic E-state index is 13.6. The summed E-state index contributed by atoms with van der Waals surface area (Å²) in [7, 11) is 2.04. The molecule has 60 heavy (non-hydrogen) atoms. The maximum Gasteiger partial charge on any atom is 0.323 e. The number of nitrogens with zero attached hydrogens (tertiary/aromatic N) is 1. The Morgan fingerprint density at radius 3 is 2.27 bits per heavy atom. The number of methoxy groups -OCH3 is 2. The van der Waals surface area contributed by atoms with Gasteiger partial charge in [0.25, 0.3) is 5.91 Å². The molecule has 5 N–H and O–H groups in total. The molecule has 1 unspecified atom stereocenters. The van der Waals surface area contributed by atoms with E-state index in [0.717, 1.165) is 16.3 Å². The Morgan fingerprint density at radius 2 is 1.55 bits per heavy atom. The highest BCUT2D eigenvalue weighted by molar-refractivity contribution is 7.84. The molecule has 0 saturated carbocycles. The fraction of sp³-hybridized carbons (Fsp3) is 0.311. The molecule has 0 fully saturated rings. The number of nitrogens with one attached hydrogen (secondary N) is 5. The van der Waals surface area contributed by atoms with E-state index in [4.69, 9.17) is 30.1 Å². The second-order valence-electron chi connectivity index (χ2n) is 14.5. The third-order valence-corrected chi connectivity index (χ3v) is 9.49.